The maximum atomic E-state index is 12.7. The van der Waals surface area contributed by atoms with Crippen molar-refractivity contribution >= 4 is 22.8 Å². The van der Waals surface area contributed by atoms with Crippen LogP contribution in [0, 0.1) is 5.41 Å². The molecule has 7 heteroatoms. The molecule has 0 aliphatic carbocycles. The van der Waals surface area contributed by atoms with Gasteiger partial charge in [-0.1, -0.05) is 0 Å². The number of aliphatic hydroxyl groups excluding tert-OH is 1. The van der Waals surface area contributed by atoms with Crippen LogP contribution in [-0.4, -0.2) is 43.9 Å². The summed E-state index contributed by atoms with van der Waals surface area (Å²) in [4.78, 5) is 14.6. The summed E-state index contributed by atoms with van der Waals surface area (Å²) in [6.07, 6.45) is -0.801. The van der Waals surface area contributed by atoms with E-state index in [0.717, 1.165) is 0 Å². The number of nitrogens with zero attached hydrogens (tertiary/aromatic N) is 1. The number of rotatable bonds is 3. The van der Waals surface area contributed by atoms with Crippen molar-refractivity contribution < 1.29 is 19.0 Å². The number of ether oxygens (including phenoxy) is 2. The molecule has 0 amide bonds. The minimum absolute atomic E-state index is 0.0514. The molecule has 1 aliphatic rings. The van der Waals surface area contributed by atoms with Gasteiger partial charge in [0.15, 0.2) is 11.3 Å². The molecule has 3 rings (SSSR count). The van der Waals surface area contributed by atoms with Gasteiger partial charge in [-0.05, 0) is 26.0 Å². The van der Waals surface area contributed by atoms with E-state index in [1.807, 2.05) is 11.8 Å². The maximum Gasteiger partial charge on any atom is 0.212 e. The van der Waals surface area contributed by atoms with Crippen LogP contribution < -0.4 is 10.3 Å². The molecule has 2 heterocycles. The minimum Gasteiger partial charge on any atom is -0.481 e. The number of benzene rings is 1. The van der Waals surface area contributed by atoms with Gasteiger partial charge in [-0.2, -0.15) is 0 Å². The zero-order chi connectivity index (χ0) is 18.1. The monoisotopic (exact) mass is 346 g/mol. The summed E-state index contributed by atoms with van der Waals surface area (Å²) < 4.78 is 16.5. The van der Waals surface area contributed by atoms with Crippen LogP contribution in [0.4, 0.5) is 5.88 Å². The molecule has 0 radical (unpaired) electrons. The van der Waals surface area contributed by atoms with Crippen LogP contribution in [0.25, 0.3) is 11.0 Å². The Kier molecular flexibility index (Phi) is 4.78. The lowest BCUT2D eigenvalue weighted by atomic mass is 10.0. The number of nitrogens with one attached hydrogen (secondary N) is 1. The number of hydrogen-bond acceptors (Lipinski definition) is 7. The Morgan fingerprint density at radius 3 is 2.84 bits per heavy atom. The van der Waals surface area contributed by atoms with E-state index in [9.17, 15) is 9.90 Å². The zero-order valence-corrected chi connectivity index (χ0v) is 14.5. The Balaban J connectivity index is 2.18. The summed E-state index contributed by atoms with van der Waals surface area (Å²) in [6.45, 7) is 5.39. The molecule has 0 bridgehead atoms. The SMILES string of the molecule is COC(=N)c1cc(C(C)O)c2oc(N3CCO[C@H](C)C3)cc(=O)c2c1. The molecule has 0 saturated carbocycles. The number of methoxy groups -OCH3 is 1. The Morgan fingerprint density at radius 1 is 1.44 bits per heavy atom. The predicted molar refractivity (Wildman–Crippen MR) is 94.6 cm³/mol. The molecule has 0 spiro atoms. The number of fused-ring (bicyclic) bond motifs is 1. The van der Waals surface area contributed by atoms with Gasteiger partial charge in [-0.3, -0.25) is 10.2 Å². The molecule has 1 aliphatic heterocycles. The molecular weight excluding hydrogens is 324 g/mol. The average Bonchev–Trinajstić information content (AvgIpc) is 2.60. The van der Waals surface area contributed by atoms with Crippen molar-refractivity contribution in [2.24, 2.45) is 0 Å². The first-order valence-corrected chi connectivity index (χ1v) is 8.20. The molecule has 7 nitrogen and oxygen atoms in total. The molecule has 1 unspecified atom stereocenters. The van der Waals surface area contributed by atoms with Crippen LogP contribution in [0.5, 0.6) is 0 Å². The third kappa shape index (κ3) is 3.38. The summed E-state index contributed by atoms with van der Waals surface area (Å²) in [5, 5.41) is 18.3. The Morgan fingerprint density at radius 2 is 2.20 bits per heavy atom. The van der Waals surface area contributed by atoms with Gasteiger partial charge >= 0.3 is 0 Å². The molecule has 2 aromatic rings. The van der Waals surface area contributed by atoms with Crippen LogP contribution in [0.3, 0.4) is 0 Å². The lowest BCUT2D eigenvalue weighted by Gasteiger charge is -2.31. The molecule has 1 aromatic heterocycles. The van der Waals surface area contributed by atoms with Crippen molar-refractivity contribution in [3.63, 3.8) is 0 Å². The Labute approximate surface area is 145 Å². The number of aliphatic hydroxyl groups is 1. The van der Waals surface area contributed by atoms with Gasteiger partial charge in [0.25, 0.3) is 0 Å². The first kappa shape index (κ1) is 17.4. The first-order chi connectivity index (χ1) is 11.9. The lowest BCUT2D eigenvalue weighted by molar-refractivity contribution is 0.0517. The summed E-state index contributed by atoms with van der Waals surface area (Å²) in [5.74, 6) is 0.387. The second kappa shape index (κ2) is 6.85. The van der Waals surface area contributed by atoms with Crippen LogP contribution >= 0.6 is 0 Å². The lowest BCUT2D eigenvalue weighted by Crippen LogP contribution is -2.41. The second-order valence-corrected chi connectivity index (χ2v) is 6.23. The topological polar surface area (TPSA) is 96.0 Å². The zero-order valence-electron chi connectivity index (χ0n) is 14.5. The molecule has 1 fully saturated rings. The van der Waals surface area contributed by atoms with Crippen LogP contribution in [0.2, 0.25) is 0 Å². The number of morpholine rings is 1. The van der Waals surface area contributed by atoms with E-state index in [-0.39, 0.29) is 17.4 Å². The van der Waals surface area contributed by atoms with E-state index in [1.54, 1.807) is 19.1 Å². The van der Waals surface area contributed by atoms with E-state index in [0.29, 0.717) is 47.7 Å². The maximum absolute atomic E-state index is 12.7. The smallest absolute Gasteiger partial charge is 0.212 e. The quantitative estimate of drug-likeness (QED) is 0.652. The Hall–Kier alpha value is -2.38. The van der Waals surface area contributed by atoms with E-state index < -0.39 is 6.10 Å². The van der Waals surface area contributed by atoms with Crippen LogP contribution in [0.1, 0.15) is 31.1 Å². The summed E-state index contributed by atoms with van der Waals surface area (Å²) >= 11 is 0. The van der Waals surface area contributed by atoms with Crippen molar-refractivity contribution in [2.75, 3.05) is 31.7 Å². The van der Waals surface area contributed by atoms with Crippen molar-refractivity contribution in [3.05, 3.63) is 39.5 Å². The van der Waals surface area contributed by atoms with Gasteiger partial charge in [0, 0.05) is 30.3 Å². The van der Waals surface area contributed by atoms with Crippen LogP contribution in [-0.2, 0) is 9.47 Å². The molecule has 2 N–H and O–H groups in total. The normalized spacial score (nSPS) is 19.0. The summed E-state index contributed by atoms with van der Waals surface area (Å²) in [7, 11) is 1.39. The highest BCUT2D eigenvalue weighted by Gasteiger charge is 2.22. The van der Waals surface area contributed by atoms with Gasteiger partial charge in [-0.15, -0.1) is 0 Å². The molecule has 134 valence electrons. The van der Waals surface area contributed by atoms with Gasteiger partial charge in [0.05, 0.1) is 31.3 Å². The first-order valence-electron chi connectivity index (χ1n) is 8.20. The molecule has 25 heavy (non-hydrogen) atoms. The largest absolute Gasteiger partial charge is 0.481 e. The van der Waals surface area contributed by atoms with Gasteiger partial charge < -0.3 is 23.9 Å². The van der Waals surface area contributed by atoms with Crippen molar-refractivity contribution in [1.82, 2.24) is 0 Å². The van der Waals surface area contributed by atoms with E-state index in [4.69, 9.17) is 19.3 Å². The fourth-order valence-corrected chi connectivity index (χ4v) is 3.01. The van der Waals surface area contributed by atoms with Gasteiger partial charge in [0.2, 0.25) is 5.90 Å². The average molecular weight is 346 g/mol. The minimum atomic E-state index is -0.853. The fraction of sp³-hybridized carbons (Fsp3) is 0.444. The number of hydrogen-bond donors (Lipinski definition) is 2. The van der Waals surface area contributed by atoms with E-state index in [1.165, 1.54) is 13.2 Å². The second-order valence-electron chi connectivity index (χ2n) is 6.23. The highest BCUT2D eigenvalue weighted by Crippen LogP contribution is 2.29. The van der Waals surface area contributed by atoms with E-state index in [2.05, 4.69) is 0 Å². The van der Waals surface area contributed by atoms with Gasteiger partial charge in [-0.25, -0.2) is 0 Å². The van der Waals surface area contributed by atoms with Crippen molar-refractivity contribution in [1.29, 1.82) is 5.41 Å². The van der Waals surface area contributed by atoms with Crippen molar-refractivity contribution in [3.8, 4) is 0 Å². The van der Waals surface area contributed by atoms with Crippen LogP contribution in [0.15, 0.2) is 27.4 Å². The molecular formula is C18H22N2O5. The highest BCUT2D eigenvalue weighted by molar-refractivity contribution is 5.96. The standard InChI is InChI=1S/C18H22N2O5/c1-10-9-20(4-5-24-10)16-8-15(22)14-7-12(18(19)23-3)6-13(11(2)21)17(14)25-16/h6-8,10-11,19,21H,4-5,9H2,1-3H3/t10-,11?/m1/s1. The third-order valence-electron chi connectivity index (χ3n) is 4.31. The Bertz CT molecular complexity index is 858. The highest BCUT2D eigenvalue weighted by atomic mass is 16.5. The third-order valence-corrected chi connectivity index (χ3v) is 4.31. The number of anilines is 1. The van der Waals surface area contributed by atoms with E-state index >= 15 is 0 Å². The van der Waals surface area contributed by atoms with Gasteiger partial charge in [0.1, 0.15) is 5.58 Å². The van der Waals surface area contributed by atoms with Crippen molar-refractivity contribution in [2.45, 2.75) is 26.1 Å². The molecule has 2 atom stereocenters. The summed E-state index contributed by atoms with van der Waals surface area (Å²) in [6, 6.07) is 4.63. The summed E-state index contributed by atoms with van der Waals surface area (Å²) in [5.41, 5.74) is 0.993. The molecule has 1 aromatic carbocycles. The molecule has 1 saturated heterocycles. The predicted octanol–water partition coefficient (Wildman–Crippen LogP) is 2.04. The fourth-order valence-electron chi connectivity index (χ4n) is 3.01.